The van der Waals surface area contributed by atoms with Gasteiger partial charge in [0.25, 0.3) is 0 Å². The third-order valence-electron chi connectivity index (χ3n) is 3.93. The van der Waals surface area contributed by atoms with Crippen LogP contribution in [-0.2, 0) is 9.47 Å². The topological polar surface area (TPSA) is 42.2 Å². The average molecular weight is 350 g/mol. The lowest BCUT2D eigenvalue weighted by molar-refractivity contribution is -0.146. The minimum Gasteiger partial charge on any atom is -0.353 e. The highest BCUT2D eigenvalue weighted by Gasteiger charge is 2.08. The zero-order valence-corrected chi connectivity index (χ0v) is 16.5. The maximum Gasteiger partial charge on any atom is 0.158 e. The molecule has 0 heterocycles. The van der Waals surface area contributed by atoms with Crippen LogP contribution in [0.3, 0.4) is 0 Å². The third kappa shape index (κ3) is 19.1. The molecule has 0 aromatic carbocycles. The summed E-state index contributed by atoms with van der Waals surface area (Å²) in [5.41, 5.74) is 0. The predicted octanol–water partition coefficient (Wildman–Crippen LogP) is 6.70. The van der Waals surface area contributed by atoms with Crippen LogP contribution in [0.15, 0.2) is 24.3 Å². The van der Waals surface area contributed by atoms with Crippen molar-refractivity contribution >= 4 is 0 Å². The van der Waals surface area contributed by atoms with Gasteiger partial charge >= 0.3 is 0 Å². The third-order valence-corrected chi connectivity index (χ3v) is 3.93. The zero-order chi connectivity index (χ0) is 18.4. The van der Waals surface area contributed by atoms with Crippen molar-refractivity contribution in [1.29, 1.82) is 5.26 Å². The second-order valence-corrected chi connectivity index (χ2v) is 6.33. The standard InChI is InChI=1S/C22H39NO2/c1-3-5-7-9-11-13-15-20-24-22(18-17-19-23)25-21-16-14-12-10-8-6-4-2/h5-8,22H,3-4,9-18,20-21H2,1-2H3/b7-5-,8-6-. The molecule has 0 aliphatic carbocycles. The van der Waals surface area contributed by atoms with Crippen LogP contribution in [0.1, 0.15) is 90.9 Å². The highest BCUT2D eigenvalue weighted by Crippen LogP contribution is 2.09. The normalized spacial score (nSPS) is 11.8. The maximum atomic E-state index is 8.77. The number of hydrogen-bond donors (Lipinski definition) is 0. The molecular formula is C22H39NO2. The Hall–Kier alpha value is -1.11. The Bertz CT molecular complexity index is 332. The molecule has 144 valence electrons. The molecular weight excluding hydrogens is 310 g/mol. The molecule has 0 unspecified atom stereocenters. The molecule has 25 heavy (non-hydrogen) atoms. The van der Waals surface area contributed by atoms with Crippen molar-refractivity contribution in [1.82, 2.24) is 0 Å². The molecule has 0 aliphatic rings. The van der Waals surface area contributed by atoms with Gasteiger partial charge in [0.2, 0.25) is 0 Å². The fraction of sp³-hybridized carbons (Fsp3) is 0.773. The van der Waals surface area contributed by atoms with Crippen LogP contribution >= 0.6 is 0 Å². The molecule has 3 nitrogen and oxygen atoms in total. The van der Waals surface area contributed by atoms with E-state index < -0.39 is 0 Å². The molecule has 0 radical (unpaired) electrons. The summed E-state index contributed by atoms with van der Waals surface area (Å²) in [6, 6.07) is 2.18. The predicted molar refractivity (Wildman–Crippen MR) is 106 cm³/mol. The summed E-state index contributed by atoms with van der Waals surface area (Å²) in [6.45, 7) is 5.79. The van der Waals surface area contributed by atoms with Gasteiger partial charge in [0.05, 0.1) is 6.07 Å². The van der Waals surface area contributed by atoms with Crippen LogP contribution in [0.25, 0.3) is 0 Å². The van der Waals surface area contributed by atoms with E-state index in [2.05, 4.69) is 44.2 Å². The van der Waals surface area contributed by atoms with E-state index in [1.54, 1.807) is 0 Å². The summed E-state index contributed by atoms with van der Waals surface area (Å²) < 4.78 is 11.7. The number of allylic oxidation sites excluding steroid dienone is 4. The van der Waals surface area contributed by atoms with Crippen LogP contribution < -0.4 is 0 Å². The molecule has 0 rings (SSSR count). The van der Waals surface area contributed by atoms with Gasteiger partial charge in [0.1, 0.15) is 0 Å². The lowest BCUT2D eigenvalue weighted by Crippen LogP contribution is -2.18. The van der Waals surface area contributed by atoms with Gasteiger partial charge in [-0.15, -0.1) is 0 Å². The van der Waals surface area contributed by atoms with E-state index in [1.807, 2.05) is 0 Å². The lowest BCUT2D eigenvalue weighted by Gasteiger charge is -2.17. The van der Waals surface area contributed by atoms with Crippen molar-refractivity contribution in [2.75, 3.05) is 13.2 Å². The molecule has 0 aromatic heterocycles. The number of rotatable bonds is 18. The van der Waals surface area contributed by atoms with E-state index >= 15 is 0 Å². The van der Waals surface area contributed by atoms with Crippen LogP contribution in [0.5, 0.6) is 0 Å². The second-order valence-electron chi connectivity index (χ2n) is 6.33. The van der Waals surface area contributed by atoms with Crippen molar-refractivity contribution in [3.8, 4) is 6.07 Å². The second kappa shape index (κ2) is 20.9. The molecule has 0 bridgehead atoms. The number of unbranched alkanes of at least 4 members (excludes halogenated alkanes) is 6. The van der Waals surface area contributed by atoms with Gasteiger partial charge < -0.3 is 9.47 Å². The van der Waals surface area contributed by atoms with Crippen molar-refractivity contribution in [3.05, 3.63) is 24.3 Å². The molecule has 0 saturated carbocycles. The first-order valence-corrected chi connectivity index (χ1v) is 10.2. The molecule has 0 spiro atoms. The van der Waals surface area contributed by atoms with E-state index in [0.717, 1.165) is 51.7 Å². The quantitative estimate of drug-likeness (QED) is 0.157. The number of hydrogen-bond acceptors (Lipinski definition) is 3. The van der Waals surface area contributed by atoms with Crippen molar-refractivity contribution in [3.63, 3.8) is 0 Å². The molecule has 0 atom stereocenters. The Morgan fingerprint density at radius 3 is 1.72 bits per heavy atom. The number of nitrogens with zero attached hydrogens (tertiary/aromatic N) is 1. The minimum absolute atomic E-state index is 0.209. The molecule has 0 fully saturated rings. The van der Waals surface area contributed by atoms with Gasteiger partial charge in [-0.05, 0) is 51.4 Å². The Labute approximate surface area is 156 Å². The highest BCUT2D eigenvalue weighted by atomic mass is 16.7. The maximum absolute atomic E-state index is 8.77. The van der Waals surface area contributed by atoms with Gasteiger partial charge in [-0.3, -0.25) is 0 Å². The largest absolute Gasteiger partial charge is 0.353 e. The lowest BCUT2D eigenvalue weighted by atomic mass is 10.2. The Morgan fingerprint density at radius 1 is 0.760 bits per heavy atom. The van der Waals surface area contributed by atoms with E-state index in [-0.39, 0.29) is 6.29 Å². The first kappa shape index (κ1) is 23.9. The first-order valence-electron chi connectivity index (χ1n) is 10.2. The summed E-state index contributed by atoms with van der Waals surface area (Å²) in [5.74, 6) is 0. The highest BCUT2D eigenvalue weighted by molar-refractivity contribution is 4.80. The monoisotopic (exact) mass is 349 g/mol. The van der Waals surface area contributed by atoms with Gasteiger partial charge in [-0.2, -0.15) is 5.26 Å². The molecule has 3 heteroatoms. The average Bonchev–Trinajstić information content (AvgIpc) is 2.63. The van der Waals surface area contributed by atoms with Crippen LogP contribution in [0.4, 0.5) is 0 Å². The first-order chi connectivity index (χ1) is 12.3. The molecule has 0 saturated heterocycles. The van der Waals surface area contributed by atoms with Gasteiger partial charge in [0, 0.05) is 26.1 Å². The smallest absolute Gasteiger partial charge is 0.158 e. The Kier molecular flexibility index (Phi) is 20.0. The number of ether oxygens (including phenoxy) is 2. The van der Waals surface area contributed by atoms with Crippen LogP contribution in [0, 0.1) is 11.3 Å². The molecule has 0 amide bonds. The summed E-state index contributed by atoms with van der Waals surface area (Å²) in [6.07, 6.45) is 21.4. The van der Waals surface area contributed by atoms with Gasteiger partial charge in [-0.1, -0.05) is 51.0 Å². The minimum atomic E-state index is -0.209. The van der Waals surface area contributed by atoms with Gasteiger partial charge in [-0.25, -0.2) is 0 Å². The van der Waals surface area contributed by atoms with Crippen LogP contribution in [-0.4, -0.2) is 19.5 Å². The Morgan fingerprint density at radius 2 is 1.28 bits per heavy atom. The van der Waals surface area contributed by atoms with Crippen molar-refractivity contribution in [2.24, 2.45) is 0 Å². The molecule has 0 aromatic rings. The van der Waals surface area contributed by atoms with E-state index in [4.69, 9.17) is 14.7 Å². The van der Waals surface area contributed by atoms with Crippen molar-refractivity contribution in [2.45, 2.75) is 97.2 Å². The Balaban J connectivity index is 3.66. The fourth-order valence-electron chi connectivity index (χ4n) is 2.48. The SMILES string of the molecule is CC/C=C\CCCCCOC(CCC#N)OCCCCC/C=C\CC. The molecule has 0 N–H and O–H groups in total. The van der Waals surface area contributed by atoms with Gasteiger partial charge in [0.15, 0.2) is 6.29 Å². The summed E-state index contributed by atoms with van der Waals surface area (Å²) in [5, 5.41) is 8.77. The van der Waals surface area contributed by atoms with Crippen LogP contribution in [0.2, 0.25) is 0 Å². The zero-order valence-electron chi connectivity index (χ0n) is 16.5. The molecule has 0 aliphatic heterocycles. The van der Waals surface area contributed by atoms with E-state index in [0.29, 0.717) is 12.8 Å². The summed E-state index contributed by atoms with van der Waals surface area (Å²) in [4.78, 5) is 0. The fourth-order valence-corrected chi connectivity index (χ4v) is 2.48. The number of nitriles is 1. The van der Waals surface area contributed by atoms with Crippen molar-refractivity contribution < 1.29 is 9.47 Å². The van der Waals surface area contributed by atoms with E-state index in [9.17, 15) is 0 Å². The summed E-state index contributed by atoms with van der Waals surface area (Å²) in [7, 11) is 0. The summed E-state index contributed by atoms with van der Waals surface area (Å²) >= 11 is 0. The van der Waals surface area contributed by atoms with E-state index in [1.165, 1.54) is 25.7 Å².